The average Bonchev–Trinajstić information content (AvgIpc) is 2.97. The molecule has 1 amide bonds. The Labute approximate surface area is 143 Å². The van der Waals surface area contributed by atoms with Gasteiger partial charge in [-0.05, 0) is 37.3 Å². The van der Waals surface area contributed by atoms with Crippen LogP contribution in [0.15, 0.2) is 18.7 Å². The zero-order valence-electron chi connectivity index (χ0n) is 13.2. The molecule has 0 aromatic carbocycles. The van der Waals surface area contributed by atoms with Crippen LogP contribution < -0.4 is 10.6 Å². The fraction of sp³-hybridized carbons (Fsp3) is 0.467. The summed E-state index contributed by atoms with van der Waals surface area (Å²) in [6, 6.07) is 0.0232. The number of nitrogens with one attached hydrogen (secondary N) is 2. The van der Waals surface area contributed by atoms with E-state index in [1.165, 1.54) is 6.20 Å². The van der Waals surface area contributed by atoms with Gasteiger partial charge in [0, 0.05) is 19.1 Å². The van der Waals surface area contributed by atoms with Crippen molar-refractivity contribution in [1.82, 2.24) is 24.8 Å². The van der Waals surface area contributed by atoms with Gasteiger partial charge in [0.25, 0.3) is 5.91 Å². The number of hydrogen-bond donors (Lipinski definition) is 2. The summed E-state index contributed by atoms with van der Waals surface area (Å²) in [7, 11) is 1.77. The molecule has 1 aliphatic carbocycles. The number of aryl methyl sites for hydroxylation is 1. The molecule has 24 heavy (non-hydrogen) atoms. The summed E-state index contributed by atoms with van der Waals surface area (Å²) in [6.45, 7) is 0. The van der Waals surface area contributed by atoms with Gasteiger partial charge in [-0.15, -0.1) is 0 Å². The summed E-state index contributed by atoms with van der Waals surface area (Å²) < 4.78 is 15.4. The van der Waals surface area contributed by atoms with Crippen LogP contribution in [-0.2, 0) is 7.05 Å². The number of imidazole rings is 1. The molecule has 2 aromatic rings. The van der Waals surface area contributed by atoms with Crippen LogP contribution in [0.5, 0.6) is 0 Å². The van der Waals surface area contributed by atoms with E-state index in [4.69, 9.17) is 11.6 Å². The predicted octanol–water partition coefficient (Wildman–Crippen LogP) is 2.16. The Hall–Kier alpha value is -2.22. The maximum atomic E-state index is 13.7. The van der Waals surface area contributed by atoms with Crippen LogP contribution in [0, 0.1) is 5.82 Å². The van der Waals surface area contributed by atoms with E-state index in [1.54, 1.807) is 17.9 Å². The van der Waals surface area contributed by atoms with Crippen LogP contribution in [-0.4, -0.2) is 37.5 Å². The molecule has 0 saturated heterocycles. The van der Waals surface area contributed by atoms with Crippen molar-refractivity contribution in [3.63, 3.8) is 0 Å². The highest BCUT2D eigenvalue weighted by Crippen LogP contribution is 2.23. The molecule has 1 aliphatic rings. The van der Waals surface area contributed by atoms with Crippen LogP contribution in [0.3, 0.4) is 0 Å². The minimum atomic E-state index is -0.541. The van der Waals surface area contributed by atoms with Crippen LogP contribution in [0.25, 0.3) is 0 Å². The Bertz CT molecular complexity index is 737. The third-order valence-corrected chi connectivity index (χ3v) is 4.30. The second-order valence-electron chi connectivity index (χ2n) is 5.90. The van der Waals surface area contributed by atoms with Crippen molar-refractivity contribution in [2.45, 2.75) is 37.8 Å². The number of rotatable bonds is 4. The molecule has 2 aromatic heterocycles. The number of hydrogen-bond acceptors (Lipinski definition) is 5. The zero-order chi connectivity index (χ0) is 17.1. The van der Waals surface area contributed by atoms with E-state index in [2.05, 4.69) is 25.6 Å². The summed E-state index contributed by atoms with van der Waals surface area (Å²) in [5.41, 5.74) is 0.513. The van der Waals surface area contributed by atoms with Gasteiger partial charge in [0.2, 0.25) is 5.28 Å². The van der Waals surface area contributed by atoms with Gasteiger partial charge in [-0.2, -0.15) is 4.98 Å². The fourth-order valence-electron chi connectivity index (χ4n) is 2.93. The van der Waals surface area contributed by atoms with Gasteiger partial charge in [-0.1, -0.05) is 0 Å². The standard InChI is InChI=1S/C15H18ClFN6O/c1-23-8-18-7-12(23)14(24)21-10-4-2-3-9(5-10)20-13-11(17)6-19-15(16)22-13/h6-10H,2-5H2,1H3,(H,21,24)(H,19,20,22)/t9-,10+/m1/s1. The van der Waals surface area contributed by atoms with Crippen molar-refractivity contribution < 1.29 is 9.18 Å². The molecule has 2 atom stereocenters. The van der Waals surface area contributed by atoms with Gasteiger partial charge in [-0.3, -0.25) is 4.79 Å². The molecule has 0 aliphatic heterocycles. The Morgan fingerprint density at radius 1 is 1.38 bits per heavy atom. The topological polar surface area (TPSA) is 84.7 Å². The summed E-state index contributed by atoms with van der Waals surface area (Å²) >= 11 is 5.71. The van der Waals surface area contributed by atoms with Gasteiger partial charge in [-0.25, -0.2) is 14.4 Å². The summed E-state index contributed by atoms with van der Waals surface area (Å²) in [5, 5.41) is 6.07. The Balaban J connectivity index is 1.61. The van der Waals surface area contributed by atoms with E-state index < -0.39 is 5.82 Å². The van der Waals surface area contributed by atoms with Gasteiger partial charge >= 0.3 is 0 Å². The van der Waals surface area contributed by atoms with E-state index in [9.17, 15) is 9.18 Å². The summed E-state index contributed by atoms with van der Waals surface area (Å²) in [5.74, 6) is -0.601. The first-order valence-corrected chi connectivity index (χ1v) is 8.12. The molecule has 9 heteroatoms. The maximum Gasteiger partial charge on any atom is 0.269 e. The molecule has 0 unspecified atom stereocenters. The van der Waals surface area contributed by atoms with Gasteiger partial charge in [0.1, 0.15) is 5.69 Å². The highest BCUT2D eigenvalue weighted by Gasteiger charge is 2.25. The van der Waals surface area contributed by atoms with E-state index in [0.717, 1.165) is 25.5 Å². The molecule has 128 valence electrons. The van der Waals surface area contributed by atoms with Crippen LogP contribution in [0.2, 0.25) is 5.28 Å². The van der Waals surface area contributed by atoms with Gasteiger partial charge < -0.3 is 15.2 Å². The van der Waals surface area contributed by atoms with E-state index in [-0.39, 0.29) is 29.1 Å². The molecular weight excluding hydrogens is 335 g/mol. The first kappa shape index (κ1) is 16.6. The zero-order valence-corrected chi connectivity index (χ0v) is 13.9. The molecule has 0 radical (unpaired) electrons. The largest absolute Gasteiger partial charge is 0.365 e. The quantitative estimate of drug-likeness (QED) is 0.824. The van der Waals surface area contributed by atoms with Crippen molar-refractivity contribution in [2.24, 2.45) is 7.05 Å². The van der Waals surface area contributed by atoms with Gasteiger partial charge in [0.05, 0.1) is 18.7 Å². The molecule has 2 N–H and O–H groups in total. The molecule has 0 bridgehead atoms. The second-order valence-corrected chi connectivity index (χ2v) is 6.24. The third-order valence-electron chi connectivity index (χ3n) is 4.11. The van der Waals surface area contributed by atoms with E-state index >= 15 is 0 Å². The van der Waals surface area contributed by atoms with Crippen molar-refractivity contribution in [3.8, 4) is 0 Å². The summed E-state index contributed by atoms with van der Waals surface area (Å²) in [6.07, 6.45) is 7.53. The van der Waals surface area contributed by atoms with Crippen LogP contribution >= 0.6 is 11.6 Å². The first-order chi connectivity index (χ1) is 11.5. The molecule has 3 rings (SSSR count). The predicted molar refractivity (Wildman–Crippen MR) is 87.3 cm³/mol. The van der Waals surface area contributed by atoms with Crippen molar-refractivity contribution >= 4 is 23.3 Å². The SMILES string of the molecule is Cn1cncc1C(=O)N[C@H]1CCC[C@@H](Nc2nc(Cl)ncc2F)C1. The number of anilines is 1. The van der Waals surface area contributed by atoms with Crippen molar-refractivity contribution in [2.75, 3.05) is 5.32 Å². The number of nitrogens with zero attached hydrogens (tertiary/aromatic N) is 4. The number of carbonyl (C=O) groups excluding carboxylic acids is 1. The number of amides is 1. The Morgan fingerprint density at radius 2 is 2.17 bits per heavy atom. The molecule has 7 nitrogen and oxygen atoms in total. The van der Waals surface area contributed by atoms with E-state index in [1.807, 2.05) is 0 Å². The molecule has 1 saturated carbocycles. The molecule has 0 spiro atoms. The highest BCUT2D eigenvalue weighted by atomic mass is 35.5. The minimum absolute atomic E-state index is 0.00392. The van der Waals surface area contributed by atoms with E-state index in [0.29, 0.717) is 12.1 Å². The van der Waals surface area contributed by atoms with Crippen LogP contribution in [0.4, 0.5) is 10.2 Å². The summed E-state index contributed by atoms with van der Waals surface area (Å²) in [4.78, 5) is 23.7. The molecule has 1 fully saturated rings. The number of aromatic nitrogens is 4. The number of halogens is 2. The lowest BCUT2D eigenvalue weighted by Crippen LogP contribution is -2.42. The first-order valence-electron chi connectivity index (χ1n) is 7.74. The smallest absolute Gasteiger partial charge is 0.269 e. The average molecular weight is 353 g/mol. The highest BCUT2D eigenvalue weighted by molar-refractivity contribution is 6.28. The second kappa shape index (κ2) is 7.12. The van der Waals surface area contributed by atoms with Crippen molar-refractivity contribution in [3.05, 3.63) is 35.5 Å². The van der Waals surface area contributed by atoms with Crippen molar-refractivity contribution in [1.29, 1.82) is 0 Å². The maximum absolute atomic E-state index is 13.7. The fourth-order valence-corrected chi connectivity index (χ4v) is 3.06. The normalized spacial score (nSPS) is 20.6. The Morgan fingerprint density at radius 3 is 2.92 bits per heavy atom. The number of carbonyl (C=O) groups is 1. The molecule has 2 heterocycles. The third kappa shape index (κ3) is 3.81. The lowest BCUT2D eigenvalue weighted by Gasteiger charge is -2.30. The van der Waals surface area contributed by atoms with Crippen LogP contribution in [0.1, 0.15) is 36.2 Å². The lowest BCUT2D eigenvalue weighted by atomic mass is 9.91. The van der Waals surface area contributed by atoms with Gasteiger partial charge in [0.15, 0.2) is 11.6 Å². The Kier molecular flexibility index (Phi) is 4.94. The monoisotopic (exact) mass is 352 g/mol. The molecular formula is C15H18ClFN6O. The minimum Gasteiger partial charge on any atom is -0.365 e. The lowest BCUT2D eigenvalue weighted by molar-refractivity contribution is 0.0918.